The molecule has 0 radical (unpaired) electrons. The summed E-state index contributed by atoms with van der Waals surface area (Å²) >= 11 is 0. The Morgan fingerprint density at radius 1 is 1.38 bits per heavy atom. The van der Waals surface area contributed by atoms with Crippen molar-refractivity contribution < 1.29 is 4.79 Å². The molecule has 1 saturated heterocycles. The van der Waals surface area contributed by atoms with Crippen molar-refractivity contribution in [2.45, 2.75) is 46.6 Å². The van der Waals surface area contributed by atoms with Gasteiger partial charge in [-0.15, -0.1) is 0 Å². The zero-order valence-electron chi connectivity index (χ0n) is 16.3. The zero-order chi connectivity index (χ0) is 18.7. The molecule has 0 bridgehead atoms. The van der Waals surface area contributed by atoms with Gasteiger partial charge in [0, 0.05) is 36.7 Å². The Labute approximate surface area is 156 Å². The first-order chi connectivity index (χ1) is 12.5. The molecule has 26 heavy (non-hydrogen) atoms. The molecular formula is C21H30N4O. The van der Waals surface area contributed by atoms with Gasteiger partial charge in [0.25, 0.3) is 5.91 Å². The molecule has 2 aromatic heterocycles. The fraction of sp³-hybridized carbons (Fsp3) is 0.524. The molecule has 1 unspecified atom stereocenters. The lowest BCUT2D eigenvalue weighted by molar-refractivity contribution is 0.0922. The van der Waals surface area contributed by atoms with Crippen LogP contribution in [0.4, 0.5) is 0 Å². The topological polar surface area (TPSA) is 50.2 Å². The minimum atomic E-state index is 0.0231. The van der Waals surface area contributed by atoms with Crippen LogP contribution in [-0.2, 0) is 0 Å². The molecule has 1 aliphatic rings. The van der Waals surface area contributed by atoms with Crippen LogP contribution in [0, 0.1) is 19.8 Å². The van der Waals surface area contributed by atoms with Gasteiger partial charge in [0.15, 0.2) is 0 Å². The van der Waals surface area contributed by atoms with Crippen LogP contribution in [0.15, 0.2) is 30.6 Å². The summed E-state index contributed by atoms with van der Waals surface area (Å²) in [5, 5.41) is 3.17. The van der Waals surface area contributed by atoms with E-state index >= 15 is 0 Å². The highest BCUT2D eigenvalue weighted by Gasteiger charge is 2.23. The second-order valence-corrected chi connectivity index (χ2v) is 7.64. The number of carbonyl (C=O) groups is 1. The lowest BCUT2D eigenvalue weighted by Gasteiger charge is -2.35. The Morgan fingerprint density at radius 2 is 2.19 bits per heavy atom. The summed E-state index contributed by atoms with van der Waals surface area (Å²) in [5.41, 5.74) is 3.74. The summed E-state index contributed by atoms with van der Waals surface area (Å²) in [5.74, 6) is 0.562. The van der Waals surface area contributed by atoms with Crippen LogP contribution in [-0.4, -0.2) is 46.0 Å². The molecule has 0 spiro atoms. The first-order valence-corrected chi connectivity index (χ1v) is 9.59. The third kappa shape index (κ3) is 3.98. The number of aryl methyl sites for hydroxylation is 1. The number of rotatable bonds is 5. The molecule has 0 aliphatic carbocycles. The predicted octanol–water partition coefficient (Wildman–Crippen LogP) is 3.34. The lowest BCUT2D eigenvalue weighted by Crippen LogP contribution is -2.43. The van der Waals surface area contributed by atoms with E-state index in [1.165, 1.54) is 19.4 Å². The van der Waals surface area contributed by atoms with Gasteiger partial charge in [-0.2, -0.15) is 0 Å². The van der Waals surface area contributed by atoms with E-state index < -0.39 is 0 Å². The highest BCUT2D eigenvalue weighted by Crippen LogP contribution is 2.21. The van der Waals surface area contributed by atoms with Crippen molar-refractivity contribution in [1.82, 2.24) is 19.8 Å². The Balaban J connectivity index is 1.67. The minimum absolute atomic E-state index is 0.0231. The molecule has 2 aromatic rings. The van der Waals surface area contributed by atoms with Gasteiger partial charge in [-0.3, -0.25) is 9.78 Å². The number of likely N-dealkylation sites (tertiary alicyclic amines) is 1. The van der Waals surface area contributed by atoms with E-state index in [0.29, 0.717) is 12.0 Å². The molecule has 3 heterocycles. The Morgan fingerprint density at radius 3 is 2.88 bits per heavy atom. The van der Waals surface area contributed by atoms with Gasteiger partial charge < -0.3 is 14.8 Å². The van der Waals surface area contributed by atoms with Crippen LogP contribution in [0.25, 0.3) is 5.69 Å². The number of nitrogens with zero attached hydrogens (tertiary/aromatic N) is 3. The van der Waals surface area contributed by atoms with Gasteiger partial charge in [-0.1, -0.05) is 0 Å². The highest BCUT2D eigenvalue weighted by molar-refractivity contribution is 5.95. The predicted molar refractivity (Wildman–Crippen MR) is 105 cm³/mol. The summed E-state index contributed by atoms with van der Waals surface area (Å²) < 4.78 is 2.09. The van der Waals surface area contributed by atoms with Crippen LogP contribution in [0.5, 0.6) is 0 Å². The molecule has 5 nitrogen and oxygen atoms in total. The quantitative estimate of drug-likeness (QED) is 0.896. The van der Waals surface area contributed by atoms with Gasteiger partial charge in [0.05, 0.1) is 17.4 Å². The number of pyridine rings is 1. The van der Waals surface area contributed by atoms with Crippen molar-refractivity contribution in [3.8, 4) is 5.69 Å². The van der Waals surface area contributed by atoms with Gasteiger partial charge >= 0.3 is 0 Å². The van der Waals surface area contributed by atoms with E-state index in [4.69, 9.17) is 0 Å². The number of hydrogen-bond donors (Lipinski definition) is 1. The summed E-state index contributed by atoms with van der Waals surface area (Å²) in [6, 6.07) is 6.47. The van der Waals surface area contributed by atoms with E-state index in [2.05, 4.69) is 33.6 Å². The standard InChI is InChI=1S/C21H30N4O/c1-15(2)24-10-6-7-18(14-24)12-23-21(26)20-11-16(3)25(17(20)4)19-8-5-9-22-13-19/h5,8-9,11,13,15,18H,6-7,10,12,14H2,1-4H3,(H,23,26). The van der Waals surface area contributed by atoms with E-state index in [-0.39, 0.29) is 5.91 Å². The zero-order valence-corrected chi connectivity index (χ0v) is 16.3. The number of carbonyl (C=O) groups excluding carboxylic acids is 1. The number of nitrogens with one attached hydrogen (secondary N) is 1. The van der Waals surface area contributed by atoms with Crippen LogP contribution >= 0.6 is 0 Å². The molecule has 140 valence electrons. The third-order valence-corrected chi connectivity index (χ3v) is 5.41. The maximum absolute atomic E-state index is 12.8. The molecule has 1 atom stereocenters. The SMILES string of the molecule is Cc1cc(C(=O)NCC2CCCN(C(C)C)C2)c(C)n1-c1cccnc1. The molecule has 3 rings (SSSR count). The highest BCUT2D eigenvalue weighted by atomic mass is 16.1. The minimum Gasteiger partial charge on any atom is -0.352 e. The number of hydrogen-bond acceptors (Lipinski definition) is 3. The average Bonchev–Trinajstić information content (AvgIpc) is 2.95. The van der Waals surface area contributed by atoms with E-state index in [1.54, 1.807) is 6.20 Å². The summed E-state index contributed by atoms with van der Waals surface area (Å²) in [6.45, 7) is 11.5. The maximum Gasteiger partial charge on any atom is 0.253 e. The van der Waals surface area contributed by atoms with E-state index in [1.807, 2.05) is 38.2 Å². The fourth-order valence-electron chi connectivity index (χ4n) is 3.94. The first kappa shape index (κ1) is 18.6. The Hall–Kier alpha value is -2.14. The Bertz CT molecular complexity index is 751. The molecule has 1 N–H and O–H groups in total. The van der Waals surface area contributed by atoms with Crippen LogP contribution in [0.2, 0.25) is 0 Å². The average molecular weight is 354 g/mol. The van der Waals surface area contributed by atoms with Gasteiger partial charge in [0.2, 0.25) is 0 Å². The number of aromatic nitrogens is 2. The Kier molecular flexibility index (Phi) is 5.77. The fourth-order valence-corrected chi connectivity index (χ4v) is 3.94. The van der Waals surface area contributed by atoms with Crippen LogP contribution in [0.3, 0.4) is 0 Å². The first-order valence-electron chi connectivity index (χ1n) is 9.59. The molecule has 1 fully saturated rings. The van der Waals surface area contributed by atoms with E-state index in [0.717, 1.165) is 35.7 Å². The van der Waals surface area contributed by atoms with Crippen molar-refractivity contribution in [1.29, 1.82) is 0 Å². The van der Waals surface area contributed by atoms with Crippen molar-refractivity contribution in [3.05, 3.63) is 47.5 Å². The monoisotopic (exact) mass is 354 g/mol. The third-order valence-electron chi connectivity index (χ3n) is 5.41. The van der Waals surface area contributed by atoms with Crippen molar-refractivity contribution in [2.75, 3.05) is 19.6 Å². The molecular weight excluding hydrogens is 324 g/mol. The lowest BCUT2D eigenvalue weighted by atomic mass is 9.97. The molecule has 1 aliphatic heterocycles. The largest absolute Gasteiger partial charge is 0.352 e. The summed E-state index contributed by atoms with van der Waals surface area (Å²) in [4.78, 5) is 19.5. The normalized spacial score (nSPS) is 18.3. The maximum atomic E-state index is 12.8. The second kappa shape index (κ2) is 8.04. The van der Waals surface area contributed by atoms with Crippen molar-refractivity contribution in [2.24, 2.45) is 5.92 Å². The van der Waals surface area contributed by atoms with Crippen molar-refractivity contribution >= 4 is 5.91 Å². The molecule has 1 amide bonds. The van der Waals surface area contributed by atoms with Gasteiger partial charge in [-0.05, 0) is 71.2 Å². The van der Waals surface area contributed by atoms with Gasteiger partial charge in [0.1, 0.15) is 0 Å². The van der Waals surface area contributed by atoms with E-state index in [9.17, 15) is 4.79 Å². The smallest absolute Gasteiger partial charge is 0.253 e. The number of amides is 1. The van der Waals surface area contributed by atoms with Crippen LogP contribution in [0.1, 0.15) is 48.4 Å². The van der Waals surface area contributed by atoms with Gasteiger partial charge in [-0.25, -0.2) is 0 Å². The van der Waals surface area contributed by atoms with Crippen molar-refractivity contribution in [3.63, 3.8) is 0 Å². The summed E-state index contributed by atoms with van der Waals surface area (Å²) in [7, 11) is 0. The molecule has 0 aromatic carbocycles. The second-order valence-electron chi connectivity index (χ2n) is 7.64. The molecule has 0 saturated carbocycles. The number of piperidine rings is 1. The van der Waals surface area contributed by atoms with Crippen LogP contribution < -0.4 is 5.32 Å². The summed E-state index contributed by atoms with van der Waals surface area (Å²) in [6.07, 6.45) is 5.99. The molecule has 5 heteroatoms.